The lowest BCUT2D eigenvalue weighted by molar-refractivity contribution is -0.124. The van der Waals surface area contributed by atoms with Gasteiger partial charge in [-0.3, -0.25) is 4.79 Å². The number of fused-ring (bicyclic) bond motifs is 1. The van der Waals surface area contributed by atoms with E-state index in [1.54, 1.807) is 0 Å². The van der Waals surface area contributed by atoms with E-state index < -0.39 is 12.1 Å². The number of carboxylic acids is 1. The number of amides is 1. The molecule has 1 saturated heterocycles. The molecule has 6 heteroatoms. The molecule has 0 aromatic carbocycles. The van der Waals surface area contributed by atoms with Gasteiger partial charge in [-0.25, -0.2) is 4.79 Å². The third kappa shape index (κ3) is 2.96. The molecular weight excluding hydrogens is 290 g/mol. The Morgan fingerprint density at radius 3 is 2.71 bits per heavy atom. The van der Waals surface area contributed by atoms with Crippen LogP contribution in [-0.2, 0) is 22.4 Å². The molecule has 1 aliphatic carbocycles. The average Bonchev–Trinajstić information content (AvgIpc) is 3.02. The maximum atomic E-state index is 12.1. The first-order valence-electron chi connectivity index (χ1n) is 7.47. The van der Waals surface area contributed by atoms with Crippen molar-refractivity contribution in [3.05, 3.63) is 16.0 Å². The van der Waals surface area contributed by atoms with Crippen molar-refractivity contribution in [2.75, 3.05) is 11.9 Å². The molecule has 2 N–H and O–H groups in total. The maximum absolute atomic E-state index is 12.1. The monoisotopic (exact) mass is 309 g/mol. The van der Waals surface area contributed by atoms with E-state index in [4.69, 9.17) is 4.74 Å². The van der Waals surface area contributed by atoms with Crippen LogP contribution in [0.4, 0.5) is 5.00 Å². The molecule has 0 spiro atoms. The zero-order chi connectivity index (χ0) is 14.8. The van der Waals surface area contributed by atoms with E-state index in [1.807, 2.05) is 0 Å². The van der Waals surface area contributed by atoms with Gasteiger partial charge in [0.1, 0.15) is 11.1 Å². The normalized spacial score (nSPS) is 21.6. The summed E-state index contributed by atoms with van der Waals surface area (Å²) in [5, 5.41) is 12.8. The van der Waals surface area contributed by atoms with Crippen LogP contribution in [0.2, 0.25) is 0 Å². The van der Waals surface area contributed by atoms with Crippen molar-refractivity contribution < 1.29 is 19.4 Å². The van der Waals surface area contributed by atoms with Gasteiger partial charge in [0.05, 0.1) is 5.56 Å². The van der Waals surface area contributed by atoms with Crippen LogP contribution < -0.4 is 5.32 Å². The Bertz CT molecular complexity index is 560. The summed E-state index contributed by atoms with van der Waals surface area (Å²) in [5.41, 5.74) is 1.22. The fraction of sp³-hybridized carbons (Fsp3) is 0.600. The quantitative estimate of drug-likeness (QED) is 0.842. The van der Waals surface area contributed by atoms with Crippen molar-refractivity contribution in [3.8, 4) is 0 Å². The molecule has 5 nitrogen and oxygen atoms in total. The smallest absolute Gasteiger partial charge is 0.339 e. The molecule has 3 rings (SSSR count). The zero-order valence-corrected chi connectivity index (χ0v) is 12.6. The second-order valence-corrected chi connectivity index (χ2v) is 6.67. The van der Waals surface area contributed by atoms with E-state index in [0.717, 1.165) is 49.0 Å². The maximum Gasteiger partial charge on any atom is 0.339 e. The summed E-state index contributed by atoms with van der Waals surface area (Å²) in [5.74, 6) is -1.16. The lowest BCUT2D eigenvalue weighted by Crippen LogP contribution is -2.27. The van der Waals surface area contributed by atoms with E-state index in [0.29, 0.717) is 23.6 Å². The number of hydrogen-bond acceptors (Lipinski definition) is 4. The van der Waals surface area contributed by atoms with Gasteiger partial charge < -0.3 is 15.2 Å². The van der Waals surface area contributed by atoms with Crippen molar-refractivity contribution in [3.63, 3.8) is 0 Å². The van der Waals surface area contributed by atoms with Gasteiger partial charge in [0, 0.05) is 11.5 Å². The first-order chi connectivity index (χ1) is 10.2. The molecule has 114 valence electrons. The number of aromatic carboxylic acids is 1. The summed E-state index contributed by atoms with van der Waals surface area (Å²) in [6.45, 7) is 0.602. The van der Waals surface area contributed by atoms with Gasteiger partial charge in [-0.1, -0.05) is 6.42 Å². The number of rotatable bonds is 3. The van der Waals surface area contributed by atoms with Gasteiger partial charge in [0.15, 0.2) is 0 Å². The lowest BCUT2D eigenvalue weighted by atomic mass is 10.1. The number of carbonyl (C=O) groups is 2. The molecule has 0 radical (unpaired) electrons. The van der Waals surface area contributed by atoms with Crippen LogP contribution in [0.5, 0.6) is 0 Å². The first kappa shape index (κ1) is 14.5. The van der Waals surface area contributed by atoms with Crippen molar-refractivity contribution in [1.82, 2.24) is 0 Å². The van der Waals surface area contributed by atoms with E-state index in [-0.39, 0.29) is 5.91 Å². The Hall–Kier alpha value is -1.40. The Kier molecular flexibility index (Phi) is 4.26. The van der Waals surface area contributed by atoms with Gasteiger partial charge in [-0.15, -0.1) is 11.3 Å². The highest BCUT2D eigenvalue weighted by Gasteiger charge is 2.29. The molecule has 0 saturated carbocycles. The fourth-order valence-electron chi connectivity index (χ4n) is 3.03. The van der Waals surface area contributed by atoms with Crippen molar-refractivity contribution in [1.29, 1.82) is 0 Å². The highest BCUT2D eigenvalue weighted by molar-refractivity contribution is 7.17. The Labute approximate surface area is 127 Å². The zero-order valence-electron chi connectivity index (χ0n) is 11.8. The number of aryl methyl sites for hydroxylation is 1. The van der Waals surface area contributed by atoms with Gasteiger partial charge in [-0.2, -0.15) is 0 Å². The van der Waals surface area contributed by atoms with Crippen LogP contribution in [0.25, 0.3) is 0 Å². The predicted molar refractivity (Wildman–Crippen MR) is 80.1 cm³/mol. The summed E-state index contributed by atoms with van der Waals surface area (Å²) < 4.78 is 5.35. The van der Waals surface area contributed by atoms with E-state index in [9.17, 15) is 14.7 Å². The number of ether oxygens (including phenoxy) is 1. The van der Waals surface area contributed by atoms with Crippen LogP contribution in [0.1, 0.15) is 52.9 Å². The van der Waals surface area contributed by atoms with Gasteiger partial charge in [-0.05, 0) is 44.1 Å². The topological polar surface area (TPSA) is 75.6 Å². The number of anilines is 1. The fourth-order valence-corrected chi connectivity index (χ4v) is 4.32. The van der Waals surface area contributed by atoms with Crippen LogP contribution in [0.3, 0.4) is 0 Å². The lowest BCUT2D eigenvalue weighted by Gasteiger charge is -2.10. The molecule has 1 amide bonds. The minimum Gasteiger partial charge on any atom is -0.478 e. The second kappa shape index (κ2) is 6.15. The molecule has 1 aromatic rings. The minimum atomic E-state index is -0.947. The number of carboxylic acid groups (broad SMARTS) is 1. The molecule has 1 aromatic heterocycles. The molecule has 2 heterocycles. The summed E-state index contributed by atoms with van der Waals surface area (Å²) in [6, 6.07) is 0. The Morgan fingerprint density at radius 2 is 2.00 bits per heavy atom. The first-order valence-corrected chi connectivity index (χ1v) is 8.29. The molecule has 2 aliphatic rings. The largest absolute Gasteiger partial charge is 0.478 e. The highest BCUT2D eigenvalue weighted by Crippen LogP contribution is 2.37. The average molecular weight is 309 g/mol. The molecule has 0 bridgehead atoms. The van der Waals surface area contributed by atoms with Crippen LogP contribution in [-0.4, -0.2) is 29.7 Å². The third-order valence-electron chi connectivity index (χ3n) is 4.09. The summed E-state index contributed by atoms with van der Waals surface area (Å²) in [7, 11) is 0. The van der Waals surface area contributed by atoms with Gasteiger partial charge in [0.25, 0.3) is 5.91 Å². The number of nitrogens with one attached hydrogen (secondary N) is 1. The van der Waals surface area contributed by atoms with Crippen molar-refractivity contribution >= 4 is 28.2 Å². The van der Waals surface area contributed by atoms with Crippen LogP contribution in [0.15, 0.2) is 0 Å². The molecule has 1 aliphatic heterocycles. The van der Waals surface area contributed by atoms with Crippen molar-refractivity contribution in [2.24, 2.45) is 0 Å². The van der Waals surface area contributed by atoms with E-state index in [1.165, 1.54) is 11.3 Å². The summed E-state index contributed by atoms with van der Waals surface area (Å²) in [6.07, 6.45) is 6.10. The third-order valence-corrected chi connectivity index (χ3v) is 5.30. The van der Waals surface area contributed by atoms with Gasteiger partial charge >= 0.3 is 5.97 Å². The predicted octanol–water partition coefficient (Wildman–Crippen LogP) is 2.83. The highest BCUT2D eigenvalue weighted by atomic mass is 32.1. The number of carbonyl (C=O) groups excluding carboxylic acids is 1. The number of hydrogen-bond donors (Lipinski definition) is 2. The van der Waals surface area contributed by atoms with Crippen molar-refractivity contribution in [2.45, 2.75) is 51.0 Å². The second-order valence-electron chi connectivity index (χ2n) is 5.56. The Balaban J connectivity index is 1.87. The molecule has 1 fully saturated rings. The summed E-state index contributed by atoms with van der Waals surface area (Å²) >= 11 is 1.42. The van der Waals surface area contributed by atoms with Crippen LogP contribution >= 0.6 is 11.3 Å². The molecule has 1 unspecified atom stereocenters. The van der Waals surface area contributed by atoms with Crippen LogP contribution in [0, 0.1) is 0 Å². The number of thiophene rings is 1. The molecule has 21 heavy (non-hydrogen) atoms. The standard InChI is InChI=1S/C15H19NO4S/c17-13(10-6-4-8-20-10)16-14-12(15(18)19)9-5-2-1-3-7-11(9)21-14/h10H,1-8H2,(H,16,17)(H,18,19). The SMILES string of the molecule is O=C(O)c1c(NC(=O)C2CCCO2)sc2c1CCCCC2. The molecule has 1 atom stereocenters. The van der Waals surface area contributed by atoms with Gasteiger partial charge in [0.2, 0.25) is 0 Å². The van der Waals surface area contributed by atoms with E-state index >= 15 is 0 Å². The molecular formula is C15H19NO4S. The summed E-state index contributed by atoms with van der Waals surface area (Å²) in [4.78, 5) is 24.9. The Morgan fingerprint density at radius 1 is 1.19 bits per heavy atom. The van der Waals surface area contributed by atoms with E-state index in [2.05, 4.69) is 5.32 Å². The minimum absolute atomic E-state index is 0.216.